The van der Waals surface area contributed by atoms with Crippen LogP contribution in [0.2, 0.25) is 0 Å². The molecule has 0 aliphatic rings. The number of furan rings is 1. The van der Waals surface area contributed by atoms with Crippen LogP contribution in [0.4, 0.5) is 0 Å². The van der Waals surface area contributed by atoms with Crippen molar-refractivity contribution in [1.29, 1.82) is 0 Å². The molecule has 3 N–H and O–H groups in total. The molecule has 0 aliphatic carbocycles. The van der Waals surface area contributed by atoms with Gasteiger partial charge in [0.15, 0.2) is 11.8 Å². The molecule has 1 atom stereocenters. The summed E-state index contributed by atoms with van der Waals surface area (Å²) in [4.78, 5) is 33.9. The van der Waals surface area contributed by atoms with Gasteiger partial charge in [-0.2, -0.15) is 0 Å². The topological polar surface area (TPSA) is 118 Å². The summed E-state index contributed by atoms with van der Waals surface area (Å²) in [7, 11) is 1.35. The summed E-state index contributed by atoms with van der Waals surface area (Å²) in [5, 5.41) is 13.8. The number of hydrogen-bond acceptors (Lipinski definition) is 5. The Morgan fingerprint density at radius 3 is 2.76 bits per heavy atom. The van der Waals surface area contributed by atoms with Gasteiger partial charge in [0, 0.05) is 20.1 Å². The number of aliphatic carboxylic acids is 1. The van der Waals surface area contributed by atoms with Crippen LogP contribution in [-0.4, -0.2) is 49.2 Å². The molecule has 21 heavy (non-hydrogen) atoms. The molecule has 1 unspecified atom stereocenters. The molecule has 116 valence electrons. The van der Waals surface area contributed by atoms with Gasteiger partial charge >= 0.3 is 5.97 Å². The van der Waals surface area contributed by atoms with Gasteiger partial charge in [-0.05, 0) is 18.6 Å². The summed E-state index contributed by atoms with van der Waals surface area (Å²) < 4.78 is 9.61. The van der Waals surface area contributed by atoms with E-state index in [0.717, 1.165) is 0 Å². The number of carbonyl (C=O) groups is 3. The van der Waals surface area contributed by atoms with E-state index in [4.69, 9.17) is 14.3 Å². The van der Waals surface area contributed by atoms with Crippen molar-refractivity contribution in [1.82, 2.24) is 10.6 Å². The van der Waals surface area contributed by atoms with E-state index in [1.165, 1.54) is 19.4 Å². The van der Waals surface area contributed by atoms with Gasteiger partial charge < -0.3 is 24.9 Å². The Morgan fingerprint density at radius 2 is 2.19 bits per heavy atom. The van der Waals surface area contributed by atoms with Crippen LogP contribution >= 0.6 is 0 Å². The Kier molecular flexibility index (Phi) is 6.96. The van der Waals surface area contributed by atoms with Crippen molar-refractivity contribution in [3.63, 3.8) is 0 Å². The fourth-order valence-electron chi connectivity index (χ4n) is 1.55. The lowest BCUT2D eigenvalue weighted by Gasteiger charge is -2.13. The first-order valence-electron chi connectivity index (χ1n) is 6.37. The largest absolute Gasteiger partial charge is 0.480 e. The number of methoxy groups -OCH3 is 1. The van der Waals surface area contributed by atoms with Crippen molar-refractivity contribution in [2.75, 3.05) is 20.3 Å². The van der Waals surface area contributed by atoms with Crippen LogP contribution in [-0.2, 0) is 14.3 Å². The van der Waals surface area contributed by atoms with Gasteiger partial charge in [-0.1, -0.05) is 0 Å². The summed E-state index contributed by atoms with van der Waals surface area (Å²) >= 11 is 0. The van der Waals surface area contributed by atoms with Crippen LogP contribution in [0.1, 0.15) is 23.4 Å². The Hall–Kier alpha value is -2.35. The fraction of sp³-hybridized carbons (Fsp3) is 0.462. The van der Waals surface area contributed by atoms with E-state index in [1.807, 2.05) is 0 Å². The summed E-state index contributed by atoms with van der Waals surface area (Å²) in [6, 6.07) is 2.06. The van der Waals surface area contributed by atoms with Crippen LogP contribution < -0.4 is 10.6 Å². The molecule has 8 heteroatoms. The Balaban J connectivity index is 2.21. The first-order valence-corrected chi connectivity index (χ1v) is 6.37. The van der Waals surface area contributed by atoms with E-state index >= 15 is 0 Å². The van der Waals surface area contributed by atoms with Crippen molar-refractivity contribution < 1.29 is 28.6 Å². The maximum atomic E-state index is 11.5. The van der Waals surface area contributed by atoms with Crippen LogP contribution in [0.3, 0.4) is 0 Å². The molecule has 0 fully saturated rings. The van der Waals surface area contributed by atoms with E-state index < -0.39 is 17.9 Å². The minimum Gasteiger partial charge on any atom is -0.480 e. The van der Waals surface area contributed by atoms with Crippen molar-refractivity contribution in [2.24, 2.45) is 0 Å². The third-order valence-electron chi connectivity index (χ3n) is 2.58. The molecule has 2 amide bonds. The summed E-state index contributed by atoms with van der Waals surface area (Å²) in [5.41, 5.74) is 0. The van der Waals surface area contributed by atoms with Gasteiger partial charge in [-0.3, -0.25) is 9.59 Å². The number of carboxylic acid groups (broad SMARTS) is 1. The zero-order chi connectivity index (χ0) is 15.7. The molecule has 1 rings (SSSR count). The summed E-state index contributed by atoms with van der Waals surface area (Å²) in [6.45, 7) is 0.186. The quantitative estimate of drug-likeness (QED) is 0.553. The number of amides is 2. The van der Waals surface area contributed by atoms with Gasteiger partial charge in [0.25, 0.3) is 5.91 Å². The van der Waals surface area contributed by atoms with E-state index in [-0.39, 0.29) is 31.2 Å². The van der Waals surface area contributed by atoms with E-state index in [2.05, 4.69) is 10.6 Å². The first-order chi connectivity index (χ1) is 10.0. The van der Waals surface area contributed by atoms with E-state index in [9.17, 15) is 14.4 Å². The average molecular weight is 298 g/mol. The third-order valence-corrected chi connectivity index (χ3v) is 2.58. The summed E-state index contributed by atoms with van der Waals surface area (Å²) in [6.07, 6.45) is 1.88. The molecule has 0 radical (unpaired) electrons. The number of ether oxygens (including phenoxy) is 1. The molecule has 0 saturated carbocycles. The maximum Gasteiger partial charge on any atom is 0.328 e. The van der Waals surface area contributed by atoms with E-state index in [0.29, 0.717) is 6.42 Å². The molecule has 0 saturated heterocycles. The van der Waals surface area contributed by atoms with Gasteiger partial charge in [0.2, 0.25) is 5.91 Å². The zero-order valence-corrected chi connectivity index (χ0v) is 11.6. The number of nitrogens with one attached hydrogen (secondary N) is 2. The Bertz CT molecular complexity index is 471. The number of hydrogen-bond donors (Lipinski definition) is 3. The van der Waals surface area contributed by atoms with Crippen molar-refractivity contribution in [3.8, 4) is 0 Å². The van der Waals surface area contributed by atoms with Crippen molar-refractivity contribution in [3.05, 3.63) is 24.2 Å². The predicted octanol–water partition coefficient (Wildman–Crippen LogP) is 0.00540. The summed E-state index contributed by atoms with van der Waals surface area (Å²) in [5.74, 6) is -1.73. The highest BCUT2D eigenvalue weighted by Gasteiger charge is 2.19. The van der Waals surface area contributed by atoms with Crippen molar-refractivity contribution >= 4 is 17.8 Å². The number of carboxylic acids is 1. The molecular weight excluding hydrogens is 280 g/mol. The molecule has 0 aromatic carbocycles. The molecule has 0 spiro atoms. The second kappa shape index (κ2) is 8.75. The lowest BCUT2D eigenvalue weighted by atomic mass is 10.2. The smallest absolute Gasteiger partial charge is 0.328 e. The lowest BCUT2D eigenvalue weighted by molar-refractivity contribution is -0.143. The highest BCUT2D eigenvalue weighted by molar-refractivity contribution is 5.91. The molecule has 1 heterocycles. The van der Waals surface area contributed by atoms with Crippen LogP contribution in [0.5, 0.6) is 0 Å². The highest BCUT2D eigenvalue weighted by Crippen LogP contribution is 1.99. The third kappa shape index (κ3) is 6.09. The van der Waals surface area contributed by atoms with Gasteiger partial charge in [0.1, 0.15) is 0 Å². The number of rotatable bonds is 9. The number of carbonyl (C=O) groups excluding carboxylic acids is 2. The lowest BCUT2D eigenvalue weighted by Crippen LogP contribution is -2.43. The first kappa shape index (κ1) is 16.7. The molecule has 1 aromatic heterocycles. The second-order valence-electron chi connectivity index (χ2n) is 4.25. The van der Waals surface area contributed by atoms with Gasteiger partial charge in [0.05, 0.1) is 12.9 Å². The average Bonchev–Trinajstić information content (AvgIpc) is 2.97. The predicted molar refractivity (Wildman–Crippen MR) is 71.7 cm³/mol. The normalized spacial score (nSPS) is 11.7. The van der Waals surface area contributed by atoms with Crippen molar-refractivity contribution in [2.45, 2.75) is 18.9 Å². The zero-order valence-electron chi connectivity index (χ0n) is 11.6. The fourth-order valence-corrected chi connectivity index (χ4v) is 1.55. The van der Waals surface area contributed by atoms with Crippen LogP contribution in [0.25, 0.3) is 0 Å². The monoisotopic (exact) mass is 298 g/mol. The van der Waals surface area contributed by atoms with Crippen LogP contribution in [0.15, 0.2) is 22.8 Å². The van der Waals surface area contributed by atoms with Gasteiger partial charge in [-0.25, -0.2) is 4.79 Å². The van der Waals surface area contributed by atoms with Gasteiger partial charge in [-0.15, -0.1) is 0 Å². The van der Waals surface area contributed by atoms with Crippen LogP contribution in [0, 0.1) is 0 Å². The Morgan fingerprint density at radius 1 is 1.43 bits per heavy atom. The molecule has 8 nitrogen and oxygen atoms in total. The molecule has 0 aliphatic heterocycles. The minimum atomic E-state index is -1.16. The molecule has 1 aromatic rings. The van der Waals surface area contributed by atoms with E-state index in [1.54, 1.807) is 6.07 Å². The molecular formula is C13H18N2O6. The Labute approximate surface area is 121 Å². The highest BCUT2D eigenvalue weighted by atomic mass is 16.5. The molecule has 0 bridgehead atoms. The second-order valence-corrected chi connectivity index (χ2v) is 4.25. The standard InChI is InChI=1S/C13H18N2O6/c1-20-8-9(13(18)19)15-11(16)5-2-6-14-12(17)10-4-3-7-21-10/h3-4,7,9H,2,5-6,8H2,1H3,(H,14,17)(H,15,16)(H,18,19). The SMILES string of the molecule is COCC(NC(=O)CCCNC(=O)c1ccco1)C(=O)O. The minimum absolute atomic E-state index is 0.101. The maximum absolute atomic E-state index is 11.5.